The van der Waals surface area contributed by atoms with Crippen molar-refractivity contribution < 1.29 is 14.3 Å². The molecule has 0 unspecified atom stereocenters. The highest BCUT2D eigenvalue weighted by molar-refractivity contribution is 6.42. The molecule has 0 amide bonds. The minimum absolute atomic E-state index is 0.138. The quantitative estimate of drug-likeness (QED) is 0.554. The number of rotatable bonds is 3. The number of hydrogen-bond acceptors (Lipinski definition) is 4. The smallest absolute Gasteiger partial charge is 0.363 e. The Morgan fingerprint density at radius 2 is 1.83 bits per heavy atom. The molecule has 2 aromatic rings. The first kappa shape index (κ1) is 16.8. The Morgan fingerprint density at radius 3 is 2.50 bits per heavy atom. The molecule has 0 spiro atoms. The van der Waals surface area contributed by atoms with Gasteiger partial charge < -0.3 is 9.47 Å². The molecule has 0 aliphatic carbocycles. The van der Waals surface area contributed by atoms with E-state index < -0.39 is 5.97 Å². The summed E-state index contributed by atoms with van der Waals surface area (Å²) in [5, 5.41) is 1.19. The number of esters is 1. The van der Waals surface area contributed by atoms with E-state index in [-0.39, 0.29) is 11.6 Å². The molecule has 0 aromatic heterocycles. The Morgan fingerprint density at radius 1 is 1.04 bits per heavy atom. The van der Waals surface area contributed by atoms with Gasteiger partial charge >= 0.3 is 5.97 Å². The van der Waals surface area contributed by atoms with Crippen molar-refractivity contribution in [2.45, 2.75) is 0 Å². The van der Waals surface area contributed by atoms with Gasteiger partial charge in [0.2, 0.25) is 5.90 Å². The summed E-state index contributed by atoms with van der Waals surface area (Å²) < 4.78 is 10.3. The monoisotopic (exact) mass is 381 g/mol. The predicted octanol–water partition coefficient (Wildman–Crippen LogP) is 5.00. The van der Waals surface area contributed by atoms with Gasteiger partial charge in [0.05, 0.1) is 27.7 Å². The second kappa shape index (κ2) is 6.85. The third-order valence-electron chi connectivity index (χ3n) is 3.27. The highest BCUT2D eigenvalue weighted by Crippen LogP contribution is 2.28. The SMILES string of the molecule is COc1ccc(C2=N/C(=C/c3ccc(Cl)c(Cl)c3)C(=O)O2)c(Cl)c1. The number of carbonyl (C=O) groups excluding carboxylic acids is 1. The Hall–Kier alpha value is -2.01. The molecule has 4 nitrogen and oxygen atoms in total. The molecule has 1 aliphatic heterocycles. The van der Waals surface area contributed by atoms with Crippen LogP contribution in [0.5, 0.6) is 5.75 Å². The van der Waals surface area contributed by atoms with Gasteiger partial charge in [0, 0.05) is 0 Å². The average molecular weight is 383 g/mol. The third-order valence-corrected chi connectivity index (χ3v) is 4.33. The lowest BCUT2D eigenvalue weighted by Crippen LogP contribution is -2.06. The molecule has 122 valence electrons. The van der Waals surface area contributed by atoms with Crippen LogP contribution in [0.3, 0.4) is 0 Å². The number of ether oxygens (including phenoxy) is 2. The van der Waals surface area contributed by atoms with Crippen molar-refractivity contribution >= 4 is 52.7 Å². The van der Waals surface area contributed by atoms with Crippen LogP contribution in [-0.2, 0) is 9.53 Å². The van der Waals surface area contributed by atoms with Gasteiger partial charge in [-0.05, 0) is 42.0 Å². The lowest BCUT2D eigenvalue weighted by molar-refractivity contribution is -0.129. The van der Waals surface area contributed by atoms with Gasteiger partial charge in [-0.1, -0.05) is 40.9 Å². The van der Waals surface area contributed by atoms with Crippen LogP contribution in [0.4, 0.5) is 0 Å². The first-order chi connectivity index (χ1) is 11.5. The van der Waals surface area contributed by atoms with E-state index in [1.807, 2.05) is 0 Å². The van der Waals surface area contributed by atoms with Crippen LogP contribution in [0.25, 0.3) is 6.08 Å². The van der Waals surface area contributed by atoms with E-state index in [0.717, 1.165) is 0 Å². The topological polar surface area (TPSA) is 47.9 Å². The van der Waals surface area contributed by atoms with Crippen LogP contribution in [0.15, 0.2) is 47.1 Å². The van der Waals surface area contributed by atoms with Crippen molar-refractivity contribution in [1.82, 2.24) is 0 Å². The van der Waals surface area contributed by atoms with Gasteiger partial charge in [0.15, 0.2) is 5.70 Å². The average Bonchev–Trinajstić information content (AvgIpc) is 2.91. The summed E-state index contributed by atoms with van der Waals surface area (Å²) in [5.74, 6) is 0.169. The minimum Gasteiger partial charge on any atom is -0.497 e. The van der Waals surface area contributed by atoms with Crippen LogP contribution < -0.4 is 4.74 Å². The summed E-state index contributed by atoms with van der Waals surface area (Å²) in [6.07, 6.45) is 1.56. The molecule has 0 fully saturated rings. The van der Waals surface area contributed by atoms with Gasteiger partial charge in [-0.25, -0.2) is 9.79 Å². The fourth-order valence-corrected chi connectivity index (χ4v) is 2.64. The zero-order valence-electron chi connectivity index (χ0n) is 12.3. The zero-order valence-corrected chi connectivity index (χ0v) is 14.6. The summed E-state index contributed by atoms with van der Waals surface area (Å²) in [6, 6.07) is 10.0. The second-order valence-electron chi connectivity index (χ2n) is 4.86. The number of nitrogens with zero attached hydrogens (tertiary/aromatic N) is 1. The summed E-state index contributed by atoms with van der Waals surface area (Å²) >= 11 is 18.0. The molecule has 0 bridgehead atoms. The van der Waals surface area contributed by atoms with E-state index in [0.29, 0.717) is 31.9 Å². The largest absolute Gasteiger partial charge is 0.497 e. The zero-order chi connectivity index (χ0) is 17.3. The molecule has 3 rings (SSSR count). The van der Waals surface area contributed by atoms with E-state index in [2.05, 4.69) is 4.99 Å². The molecule has 1 aliphatic rings. The van der Waals surface area contributed by atoms with E-state index in [1.54, 1.807) is 42.5 Å². The van der Waals surface area contributed by atoms with Crippen LogP contribution in [0, 0.1) is 0 Å². The molecule has 0 atom stereocenters. The van der Waals surface area contributed by atoms with Gasteiger partial charge in [-0.3, -0.25) is 0 Å². The molecule has 0 radical (unpaired) electrons. The Labute approximate surface area is 153 Å². The number of methoxy groups -OCH3 is 1. The number of halogens is 3. The molecule has 0 saturated heterocycles. The maximum absolute atomic E-state index is 12.0. The highest BCUT2D eigenvalue weighted by Gasteiger charge is 2.25. The standard InChI is InChI=1S/C17H10Cl3NO3/c1-23-10-3-4-11(13(19)8-10)16-21-15(17(22)24-16)7-9-2-5-12(18)14(20)6-9/h2-8H,1H3/b15-7+. The van der Waals surface area contributed by atoms with E-state index in [4.69, 9.17) is 44.3 Å². The molecule has 0 saturated carbocycles. The molecule has 24 heavy (non-hydrogen) atoms. The normalized spacial score (nSPS) is 15.4. The second-order valence-corrected chi connectivity index (χ2v) is 6.08. The lowest BCUT2D eigenvalue weighted by Gasteiger charge is -2.05. The van der Waals surface area contributed by atoms with Gasteiger partial charge in [-0.15, -0.1) is 0 Å². The van der Waals surface area contributed by atoms with Crippen molar-refractivity contribution in [3.05, 3.63) is 68.3 Å². The first-order valence-corrected chi connectivity index (χ1v) is 7.93. The Balaban J connectivity index is 1.95. The molecular weight excluding hydrogens is 373 g/mol. The van der Waals surface area contributed by atoms with Gasteiger partial charge in [0.1, 0.15) is 5.75 Å². The molecule has 0 N–H and O–H groups in total. The third kappa shape index (κ3) is 3.41. The molecule has 1 heterocycles. The van der Waals surface area contributed by atoms with E-state index in [1.165, 1.54) is 7.11 Å². The van der Waals surface area contributed by atoms with Crippen molar-refractivity contribution in [3.8, 4) is 5.75 Å². The molecule has 7 heteroatoms. The Bertz CT molecular complexity index is 891. The summed E-state index contributed by atoms with van der Waals surface area (Å²) in [4.78, 5) is 16.2. The van der Waals surface area contributed by atoms with E-state index in [9.17, 15) is 4.79 Å². The molecular formula is C17H10Cl3NO3. The minimum atomic E-state index is -0.567. The van der Waals surface area contributed by atoms with Crippen molar-refractivity contribution in [2.75, 3.05) is 7.11 Å². The number of carbonyl (C=O) groups is 1. The van der Waals surface area contributed by atoms with Gasteiger partial charge in [-0.2, -0.15) is 0 Å². The fourth-order valence-electron chi connectivity index (χ4n) is 2.08. The van der Waals surface area contributed by atoms with E-state index >= 15 is 0 Å². The maximum Gasteiger partial charge on any atom is 0.363 e. The van der Waals surface area contributed by atoms with Crippen molar-refractivity contribution in [3.63, 3.8) is 0 Å². The van der Waals surface area contributed by atoms with Crippen LogP contribution in [0.1, 0.15) is 11.1 Å². The maximum atomic E-state index is 12.0. The Kier molecular flexibility index (Phi) is 4.81. The van der Waals surface area contributed by atoms with Crippen molar-refractivity contribution in [2.24, 2.45) is 4.99 Å². The van der Waals surface area contributed by atoms with Crippen LogP contribution in [-0.4, -0.2) is 19.0 Å². The summed E-state index contributed by atoms with van der Waals surface area (Å²) in [7, 11) is 1.54. The summed E-state index contributed by atoms with van der Waals surface area (Å²) in [5.41, 5.74) is 1.33. The van der Waals surface area contributed by atoms with Crippen LogP contribution in [0.2, 0.25) is 15.1 Å². The number of benzene rings is 2. The fraction of sp³-hybridized carbons (Fsp3) is 0.0588. The van der Waals surface area contributed by atoms with Gasteiger partial charge in [0.25, 0.3) is 0 Å². The highest BCUT2D eigenvalue weighted by atomic mass is 35.5. The lowest BCUT2D eigenvalue weighted by atomic mass is 10.2. The summed E-state index contributed by atoms with van der Waals surface area (Å²) in [6.45, 7) is 0. The number of aliphatic imine (C=N–C) groups is 1. The van der Waals surface area contributed by atoms with Crippen molar-refractivity contribution in [1.29, 1.82) is 0 Å². The van der Waals surface area contributed by atoms with Crippen LogP contribution >= 0.6 is 34.8 Å². The number of cyclic esters (lactones) is 1. The number of hydrogen-bond donors (Lipinski definition) is 0. The molecule has 2 aromatic carbocycles. The predicted molar refractivity (Wildman–Crippen MR) is 95.1 cm³/mol. The first-order valence-electron chi connectivity index (χ1n) is 6.79.